The first-order valence-corrected chi connectivity index (χ1v) is 8.11. The number of ether oxygens (including phenoxy) is 1. The van der Waals surface area contributed by atoms with Crippen molar-refractivity contribution >= 4 is 11.8 Å². The van der Waals surface area contributed by atoms with E-state index in [1.54, 1.807) is 0 Å². The fraction of sp³-hybridized carbons (Fsp3) is 0.529. The number of carbonyl (C=O) groups excluding carboxylic acids is 2. The van der Waals surface area contributed by atoms with E-state index in [-0.39, 0.29) is 18.4 Å². The summed E-state index contributed by atoms with van der Waals surface area (Å²) in [5, 5.41) is 5.47. The van der Waals surface area contributed by atoms with Crippen molar-refractivity contribution in [1.82, 2.24) is 15.5 Å². The van der Waals surface area contributed by atoms with Gasteiger partial charge in [0.25, 0.3) is 0 Å². The molecule has 0 saturated carbocycles. The smallest absolute Gasteiger partial charge is 0.239 e. The average molecular weight is 319 g/mol. The van der Waals surface area contributed by atoms with E-state index in [1.165, 1.54) is 0 Å². The molecule has 0 unspecified atom stereocenters. The lowest BCUT2D eigenvalue weighted by Crippen LogP contribution is -2.40. The fourth-order valence-corrected chi connectivity index (χ4v) is 2.44. The molecule has 2 N–H and O–H groups in total. The Labute approximate surface area is 137 Å². The molecule has 1 aliphatic rings. The minimum atomic E-state index is -0.145. The average Bonchev–Trinajstić information content (AvgIpc) is 2.59. The van der Waals surface area contributed by atoms with Crippen LogP contribution in [0.4, 0.5) is 0 Å². The lowest BCUT2D eigenvalue weighted by atomic mass is 10.1. The topological polar surface area (TPSA) is 70.7 Å². The van der Waals surface area contributed by atoms with Gasteiger partial charge in [0.1, 0.15) is 0 Å². The molecule has 0 aliphatic carbocycles. The molecular weight excluding hydrogens is 294 g/mol. The van der Waals surface area contributed by atoms with Crippen LogP contribution in [0.15, 0.2) is 30.3 Å². The van der Waals surface area contributed by atoms with Gasteiger partial charge in [-0.2, -0.15) is 0 Å². The monoisotopic (exact) mass is 319 g/mol. The van der Waals surface area contributed by atoms with E-state index in [1.807, 2.05) is 30.3 Å². The van der Waals surface area contributed by atoms with Gasteiger partial charge in [-0.15, -0.1) is 0 Å². The van der Waals surface area contributed by atoms with Gasteiger partial charge in [0.15, 0.2) is 0 Å². The summed E-state index contributed by atoms with van der Waals surface area (Å²) in [4.78, 5) is 25.8. The molecule has 1 heterocycles. The lowest BCUT2D eigenvalue weighted by Gasteiger charge is -2.26. The molecule has 0 bridgehead atoms. The third-order valence-corrected chi connectivity index (χ3v) is 3.73. The highest BCUT2D eigenvalue weighted by atomic mass is 16.5. The Morgan fingerprint density at radius 2 is 1.78 bits per heavy atom. The largest absolute Gasteiger partial charge is 0.379 e. The Hall–Kier alpha value is -1.92. The van der Waals surface area contributed by atoms with Crippen LogP contribution in [0.25, 0.3) is 0 Å². The van der Waals surface area contributed by atoms with Crippen LogP contribution < -0.4 is 10.6 Å². The summed E-state index contributed by atoms with van der Waals surface area (Å²) in [6.45, 7) is 5.13. The standard InChI is InChI=1S/C17H25N3O3/c21-16(13-15-5-2-1-3-6-15)19-14-17(22)18-7-4-8-20-9-11-23-12-10-20/h1-3,5-6H,4,7-14H2,(H,18,22)(H,19,21). The molecule has 0 radical (unpaired) electrons. The van der Waals surface area contributed by atoms with Crippen LogP contribution in [0.1, 0.15) is 12.0 Å². The Kier molecular flexibility index (Phi) is 7.56. The van der Waals surface area contributed by atoms with Crippen molar-refractivity contribution in [3.63, 3.8) is 0 Å². The number of amides is 2. The molecule has 0 aromatic heterocycles. The third kappa shape index (κ3) is 7.25. The summed E-state index contributed by atoms with van der Waals surface area (Å²) in [6, 6.07) is 9.48. The number of hydrogen-bond donors (Lipinski definition) is 2. The second-order valence-electron chi connectivity index (χ2n) is 5.60. The summed E-state index contributed by atoms with van der Waals surface area (Å²) in [6.07, 6.45) is 1.20. The molecule has 1 aromatic carbocycles. The van der Waals surface area contributed by atoms with Gasteiger partial charge in [0, 0.05) is 19.6 Å². The number of hydrogen-bond acceptors (Lipinski definition) is 4. The van der Waals surface area contributed by atoms with E-state index >= 15 is 0 Å². The summed E-state index contributed by atoms with van der Waals surface area (Å²) in [5.41, 5.74) is 0.941. The molecule has 1 fully saturated rings. The number of carbonyl (C=O) groups is 2. The lowest BCUT2D eigenvalue weighted by molar-refractivity contribution is -0.125. The van der Waals surface area contributed by atoms with Crippen LogP contribution in [-0.2, 0) is 20.7 Å². The maximum atomic E-state index is 11.7. The normalized spacial score (nSPS) is 15.1. The summed E-state index contributed by atoms with van der Waals surface area (Å²) < 4.78 is 5.29. The summed E-state index contributed by atoms with van der Waals surface area (Å²) >= 11 is 0. The number of nitrogens with one attached hydrogen (secondary N) is 2. The molecular formula is C17H25N3O3. The molecule has 0 spiro atoms. The van der Waals surface area contributed by atoms with Crippen molar-refractivity contribution in [3.05, 3.63) is 35.9 Å². The van der Waals surface area contributed by atoms with E-state index in [2.05, 4.69) is 15.5 Å². The molecule has 2 amide bonds. The van der Waals surface area contributed by atoms with E-state index in [0.29, 0.717) is 13.0 Å². The van der Waals surface area contributed by atoms with Crippen molar-refractivity contribution in [2.24, 2.45) is 0 Å². The maximum absolute atomic E-state index is 11.7. The van der Waals surface area contributed by atoms with Crippen molar-refractivity contribution < 1.29 is 14.3 Å². The fourth-order valence-electron chi connectivity index (χ4n) is 2.44. The Morgan fingerprint density at radius 3 is 2.52 bits per heavy atom. The number of nitrogens with zero attached hydrogens (tertiary/aromatic N) is 1. The summed E-state index contributed by atoms with van der Waals surface area (Å²) in [5.74, 6) is -0.284. The van der Waals surface area contributed by atoms with Crippen LogP contribution in [0, 0.1) is 0 Å². The maximum Gasteiger partial charge on any atom is 0.239 e. The van der Waals surface area contributed by atoms with Gasteiger partial charge < -0.3 is 15.4 Å². The molecule has 1 aromatic rings. The number of benzene rings is 1. The highest BCUT2D eigenvalue weighted by Crippen LogP contribution is 1.99. The van der Waals surface area contributed by atoms with Crippen LogP contribution in [-0.4, -0.2) is 62.7 Å². The second-order valence-corrected chi connectivity index (χ2v) is 5.60. The van der Waals surface area contributed by atoms with Crippen molar-refractivity contribution in [1.29, 1.82) is 0 Å². The van der Waals surface area contributed by atoms with Gasteiger partial charge in [-0.25, -0.2) is 0 Å². The van der Waals surface area contributed by atoms with Crippen molar-refractivity contribution in [2.75, 3.05) is 45.9 Å². The minimum absolute atomic E-state index is 0.0310. The molecule has 0 atom stereocenters. The van der Waals surface area contributed by atoms with Gasteiger partial charge in [0.2, 0.25) is 11.8 Å². The third-order valence-electron chi connectivity index (χ3n) is 3.73. The Balaban J connectivity index is 1.51. The van der Waals surface area contributed by atoms with Crippen molar-refractivity contribution in [3.8, 4) is 0 Å². The predicted octanol–water partition coefficient (Wildman–Crippen LogP) is 0.184. The van der Waals surface area contributed by atoms with Crippen LogP contribution in [0.3, 0.4) is 0 Å². The predicted molar refractivity (Wildman–Crippen MR) is 88.0 cm³/mol. The Morgan fingerprint density at radius 1 is 1.04 bits per heavy atom. The second kappa shape index (κ2) is 9.97. The van der Waals surface area contributed by atoms with Gasteiger partial charge in [-0.1, -0.05) is 30.3 Å². The van der Waals surface area contributed by atoms with E-state index in [4.69, 9.17) is 4.74 Å². The Bertz CT molecular complexity index is 487. The van der Waals surface area contributed by atoms with E-state index in [0.717, 1.165) is 44.8 Å². The van der Waals surface area contributed by atoms with Crippen LogP contribution in [0.5, 0.6) is 0 Å². The van der Waals surface area contributed by atoms with Gasteiger partial charge in [-0.05, 0) is 18.5 Å². The first-order valence-electron chi connectivity index (χ1n) is 8.11. The molecule has 126 valence electrons. The van der Waals surface area contributed by atoms with Gasteiger partial charge in [-0.3, -0.25) is 14.5 Å². The molecule has 1 saturated heterocycles. The first kappa shape index (κ1) is 17.4. The van der Waals surface area contributed by atoms with Crippen molar-refractivity contribution in [2.45, 2.75) is 12.8 Å². The van der Waals surface area contributed by atoms with Gasteiger partial charge in [0.05, 0.1) is 26.2 Å². The highest BCUT2D eigenvalue weighted by Gasteiger charge is 2.10. The molecule has 23 heavy (non-hydrogen) atoms. The zero-order chi connectivity index (χ0) is 16.3. The molecule has 6 nitrogen and oxygen atoms in total. The zero-order valence-electron chi connectivity index (χ0n) is 13.4. The minimum Gasteiger partial charge on any atom is -0.379 e. The molecule has 6 heteroatoms. The summed E-state index contributed by atoms with van der Waals surface area (Å²) in [7, 11) is 0. The number of morpholine rings is 1. The SMILES string of the molecule is O=C(CNC(=O)Cc1ccccc1)NCCCN1CCOCC1. The highest BCUT2D eigenvalue weighted by molar-refractivity contribution is 5.85. The zero-order valence-corrected chi connectivity index (χ0v) is 13.4. The van der Waals surface area contributed by atoms with Crippen LogP contribution >= 0.6 is 0 Å². The first-order chi connectivity index (χ1) is 11.2. The van der Waals surface area contributed by atoms with Crippen LogP contribution in [0.2, 0.25) is 0 Å². The van der Waals surface area contributed by atoms with Gasteiger partial charge >= 0.3 is 0 Å². The van der Waals surface area contributed by atoms with E-state index < -0.39 is 0 Å². The number of rotatable bonds is 8. The molecule has 1 aliphatic heterocycles. The molecule has 2 rings (SSSR count). The van der Waals surface area contributed by atoms with E-state index in [9.17, 15) is 9.59 Å². The quantitative estimate of drug-likeness (QED) is 0.671.